The minimum Gasteiger partial charge on any atom is -0.506 e. The third-order valence-electron chi connectivity index (χ3n) is 2.01. The number of hydrogen-bond acceptors (Lipinski definition) is 2. The van der Waals surface area contributed by atoms with Gasteiger partial charge in [0, 0.05) is 11.4 Å². The van der Waals surface area contributed by atoms with Gasteiger partial charge < -0.3 is 5.11 Å². The van der Waals surface area contributed by atoms with Gasteiger partial charge in [0.05, 0.1) is 0 Å². The molecular formula is C11H12ClNO. The van der Waals surface area contributed by atoms with Crippen molar-refractivity contribution in [1.82, 2.24) is 0 Å². The minimum atomic E-state index is 0.119. The Balaban J connectivity index is 3.32. The maximum Gasteiger partial charge on any atom is 0.141 e. The Morgan fingerprint density at radius 3 is 2.71 bits per heavy atom. The summed E-state index contributed by atoms with van der Waals surface area (Å²) in [7, 11) is 0. The highest BCUT2D eigenvalue weighted by Gasteiger charge is 2.08. The first-order valence-corrected chi connectivity index (χ1v) is 4.78. The molecule has 1 rings (SSSR count). The number of halogens is 1. The van der Waals surface area contributed by atoms with Gasteiger partial charge in [-0.15, -0.1) is 11.6 Å². The Labute approximate surface area is 88.6 Å². The number of hydrogen-bond donors (Lipinski definition) is 1. The van der Waals surface area contributed by atoms with Crippen molar-refractivity contribution >= 4 is 30.1 Å². The number of rotatable bonds is 4. The first-order chi connectivity index (χ1) is 6.74. The third kappa shape index (κ3) is 1.96. The molecule has 0 fully saturated rings. The van der Waals surface area contributed by atoms with Gasteiger partial charge in [0.25, 0.3) is 0 Å². The van der Waals surface area contributed by atoms with E-state index in [9.17, 15) is 5.11 Å². The predicted molar refractivity (Wildman–Crippen MR) is 61.8 cm³/mol. The van der Waals surface area contributed by atoms with Gasteiger partial charge in [-0.05, 0) is 24.8 Å². The van der Waals surface area contributed by atoms with Crippen molar-refractivity contribution in [3.8, 4) is 5.75 Å². The number of phenolic OH excluding ortho intramolecular Hbond substituents is 1. The molecule has 0 radical (unpaired) electrons. The zero-order valence-corrected chi connectivity index (χ0v) is 8.59. The van der Waals surface area contributed by atoms with E-state index in [1.165, 1.54) is 0 Å². The molecule has 0 saturated heterocycles. The quantitative estimate of drug-likeness (QED) is 0.600. The Morgan fingerprint density at radius 2 is 2.21 bits per heavy atom. The smallest absolute Gasteiger partial charge is 0.141 e. The number of aliphatic imine (C=N–C) groups is 1. The number of aromatic hydroxyl groups is 1. The van der Waals surface area contributed by atoms with Crippen LogP contribution in [0.15, 0.2) is 23.7 Å². The van der Waals surface area contributed by atoms with E-state index in [0.717, 1.165) is 17.5 Å². The van der Waals surface area contributed by atoms with Gasteiger partial charge in [-0.2, -0.15) is 0 Å². The number of phenols is 1. The molecule has 1 N–H and O–H groups in total. The highest BCUT2D eigenvalue weighted by molar-refractivity contribution is 6.18. The molecule has 0 spiro atoms. The maximum absolute atomic E-state index is 9.50. The summed E-state index contributed by atoms with van der Waals surface area (Å²) in [5.74, 6) is 0.649. The topological polar surface area (TPSA) is 32.6 Å². The van der Waals surface area contributed by atoms with E-state index in [4.69, 9.17) is 11.6 Å². The van der Waals surface area contributed by atoms with Crippen molar-refractivity contribution in [2.75, 3.05) is 5.88 Å². The Kier molecular flexibility index (Phi) is 3.72. The molecule has 0 atom stereocenters. The van der Waals surface area contributed by atoms with Crippen LogP contribution in [0.1, 0.15) is 11.1 Å². The van der Waals surface area contributed by atoms with Gasteiger partial charge in [0.1, 0.15) is 11.4 Å². The van der Waals surface area contributed by atoms with Crippen LogP contribution < -0.4 is 0 Å². The fourth-order valence-electron chi connectivity index (χ4n) is 1.35. The maximum atomic E-state index is 9.50. The number of benzene rings is 1. The zero-order valence-electron chi connectivity index (χ0n) is 7.83. The van der Waals surface area contributed by atoms with Crippen LogP contribution in [0.5, 0.6) is 5.75 Å². The predicted octanol–water partition coefficient (Wildman–Crippen LogP) is 3.15. The number of aryl methyl sites for hydroxylation is 1. The van der Waals surface area contributed by atoms with Crippen LogP contribution in [0, 0.1) is 0 Å². The van der Waals surface area contributed by atoms with Crippen LogP contribution in [-0.2, 0) is 6.42 Å². The molecular weight excluding hydrogens is 198 g/mol. The number of alkyl halides is 1. The van der Waals surface area contributed by atoms with Crippen LogP contribution in [0.25, 0.3) is 6.08 Å². The SMILES string of the molecule is C=Cc1c(CCCl)ccc(O)c1N=C. The lowest BCUT2D eigenvalue weighted by atomic mass is 10.0. The number of nitrogens with zero attached hydrogens (tertiary/aromatic N) is 1. The Morgan fingerprint density at radius 1 is 1.50 bits per heavy atom. The first kappa shape index (κ1) is 10.8. The molecule has 14 heavy (non-hydrogen) atoms. The molecule has 2 nitrogen and oxygen atoms in total. The molecule has 0 aliphatic rings. The van der Waals surface area contributed by atoms with Gasteiger partial charge in [-0.25, -0.2) is 0 Å². The fourth-order valence-corrected chi connectivity index (χ4v) is 1.56. The zero-order chi connectivity index (χ0) is 10.6. The van der Waals surface area contributed by atoms with Gasteiger partial charge in [0.2, 0.25) is 0 Å². The highest BCUT2D eigenvalue weighted by atomic mass is 35.5. The summed E-state index contributed by atoms with van der Waals surface area (Å²) in [6.07, 6.45) is 2.39. The molecule has 0 aliphatic heterocycles. The summed E-state index contributed by atoms with van der Waals surface area (Å²) in [5.41, 5.74) is 2.30. The van der Waals surface area contributed by atoms with Gasteiger partial charge in [-0.1, -0.05) is 18.7 Å². The molecule has 0 amide bonds. The summed E-state index contributed by atoms with van der Waals surface area (Å²) < 4.78 is 0. The molecule has 1 aromatic carbocycles. The van der Waals surface area contributed by atoms with Crippen LogP contribution >= 0.6 is 11.6 Å². The highest BCUT2D eigenvalue weighted by Crippen LogP contribution is 2.33. The molecule has 0 aromatic heterocycles. The summed E-state index contributed by atoms with van der Waals surface area (Å²) in [4.78, 5) is 3.77. The molecule has 0 saturated carbocycles. The van der Waals surface area contributed by atoms with E-state index in [1.807, 2.05) is 6.07 Å². The van der Waals surface area contributed by atoms with Crippen molar-refractivity contribution in [3.63, 3.8) is 0 Å². The van der Waals surface area contributed by atoms with Gasteiger partial charge >= 0.3 is 0 Å². The van der Waals surface area contributed by atoms with Gasteiger partial charge in [-0.3, -0.25) is 4.99 Å². The Bertz CT molecular complexity index is 361. The van der Waals surface area contributed by atoms with E-state index in [-0.39, 0.29) is 5.75 Å². The first-order valence-electron chi connectivity index (χ1n) is 4.24. The average molecular weight is 210 g/mol. The lowest BCUT2D eigenvalue weighted by molar-refractivity contribution is 0.476. The minimum absolute atomic E-state index is 0.119. The van der Waals surface area contributed by atoms with Crippen LogP contribution in [0.2, 0.25) is 0 Å². The van der Waals surface area contributed by atoms with Crippen molar-refractivity contribution in [2.24, 2.45) is 4.99 Å². The Hall–Kier alpha value is -1.28. The summed E-state index contributed by atoms with van der Waals surface area (Å²) in [6.45, 7) is 7.09. The fraction of sp³-hybridized carbons (Fsp3) is 0.182. The average Bonchev–Trinajstić information content (AvgIpc) is 2.20. The summed E-state index contributed by atoms with van der Waals surface area (Å²) in [5, 5.41) is 9.50. The monoisotopic (exact) mass is 209 g/mol. The molecule has 0 bridgehead atoms. The van der Waals surface area contributed by atoms with E-state index in [2.05, 4.69) is 18.3 Å². The molecule has 0 unspecified atom stereocenters. The summed E-state index contributed by atoms with van der Waals surface area (Å²) >= 11 is 5.66. The van der Waals surface area contributed by atoms with Crippen molar-refractivity contribution in [2.45, 2.75) is 6.42 Å². The van der Waals surface area contributed by atoms with Gasteiger partial charge in [0.15, 0.2) is 0 Å². The van der Waals surface area contributed by atoms with Crippen molar-refractivity contribution in [3.05, 3.63) is 29.8 Å². The molecule has 74 valence electrons. The summed E-state index contributed by atoms with van der Waals surface area (Å²) in [6, 6.07) is 3.42. The van der Waals surface area contributed by atoms with E-state index in [0.29, 0.717) is 11.6 Å². The molecule has 1 aromatic rings. The van der Waals surface area contributed by atoms with Crippen LogP contribution in [-0.4, -0.2) is 17.7 Å². The van der Waals surface area contributed by atoms with Crippen molar-refractivity contribution < 1.29 is 5.11 Å². The van der Waals surface area contributed by atoms with E-state index >= 15 is 0 Å². The van der Waals surface area contributed by atoms with Crippen LogP contribution in [0.3, 0.4) is 0 Å². The lowest BCUT2D eigenvalue weighted by Gasteiger charge is -2.08. The second-order valence-electron chi connectivity index (χ2n) is 2.81. The lowest BCUT2D eigenvalue weighted by Crippen LogP contribution is -1.91. The normalized spacial score (nSPS) is 9.79. The van der Waals surface area contributed by atoms with E-state index < -0.39 is 0 Å². The third-order valence-corrected chi connectivity index (χ3v) is 2.20. The molecule has 3 heteroatoms. The van der Waals surface area contributed by atoms with Crippen molar-refractivity contribution in [1.29, 1.82) is 0 Å². The second kappa shape index (κ2) is 4.82. The van der Waals surface area contributed by atoms with Crippen LogP contribution in [0.4, 0.5) is 5.69 Å². The largest absolute Gasteiger partial charge is 0.506 e. The second-order valence-corrected chi connectivity index (χ2v) is 3.19. The molecule has 0 aliphatic carbocycles. The molecule has 0 heterocycles. The standard InChI is InChI=1S/C11H12ClNO/c1-3-9-8(6-7-12)4-5-10(14)11(9)13-2/h3-5,14H,1-2,6-7H2. The van der Waals surface area contributed by atoms with E-state index in [1.54, 1.807) is 12.1 Å².